The van der Waals surface area contributed by atoms with Gasteiger partial charge in [-0.2, -0.15) is 0 Å². The molecule has 1 saturated carbocycles. The second kappa shape index (κ2) is 5.16. The summed E-state index contributed by atoms with van der Waals surface area (Å²) in [6, 6.07) is 0. The van der Waals surface area contributed by atoms with Gasteiger partial charge < -0.3 is 5.11 Å². The molecule has 1 nitrogen and oxygen atoms in total. The summed E-state index contributed by atoms with van der Waals surface area (Å²) in [6.45, 7) is 9.13. The van der Waals surface area contributed by atoms with Gasteiger partial charge in [-0.3, -0.25) is 0 Å². The molecule has 14 heavy (non-hydrogen) atoms. The van der Waals surface area contributed by atoms with Gasteiger partial charge in [0, 0.05) is 0 Å². The maximum atomic E-state index is 10.1. The highest BCUT2D eigenvalue weighted by Crippen LogP contribution is 2.40. The Bertz CT molecular complexity index is 149. The number of rotatable bonds is 3. The average Bonchev–Trinajstić information content (AvgIpc) is 2.01. The van der Waals surface area contributed by atoms with E-state index in [1.165, 1.54) is 12.8 Å². The van der Waals surface area contributed by atoms with E-state index in [2.05, 4.69) is 27.7 Å². The normalized spacial score (nSPS) is 40.9. The average molecular weight is 198 g/mol. The van der Waals surface area contributed by atoms with Crippen molar-refractivity contribution in [2.24, 2.45) is 23.7 Å². The number of hydrogen-bond donors (Lipinski definition) is 1. The fourth-order valence-corrected chi connectivity index (χ4v) is 3.49. The summed E-state index contributed by atoms with van der Waals surface area (Å²) in [7, 11) is 0. The van der Waals surface area contributed by atoms with Gasteiger partial charge >= 0.3 is 0 Å². The third-order valence-electron chi connectivity index (χ3n) is 3.89. The summed E-state index contributed by atoms with van der Waals surface area (Å²) in [5.41, 5.74) is 0. The lowest BCUT2D eigenvalue weighted by molar-refractivity contribution is 0.00181. The van der Waals surface area contributed by atoms with Crippen LogP contribution in [0.5, 0.6) is 0 Å². The van der Waals surface area contributed by atoms with Crippen molar-refractivity contribution in [3.63, 3.8) is 0 Å². The van der Waals surface area contributed by atoms with Crippen LogP contribution >= 0.6 is 0 Å². The van der Waals surface area contributed by atoms with Crippen molar-refractivity contribution in [3.05, 3.63) is 0 Å². The minimum Gasteiger partial charge on any atom is -0.393 e. The van der Waals surface area contributed by atoms with Crippen molar-refractivity contribution in [2.75, 3.05) is 0 Å². The van der Waals surface area contributed by atoms with Crippen molar-refractivity contribution >= 4 is 0 Å². The molecule has 0 radical (unpaired) electrons. The van der Waals surface area contributed by atoms with Crippen molar-refractivity contribution in [3.8, 4) is 0 Å². The van der Waals surface area contributed by atoms with E-state index in [4.69, 9.17) is 0 Å². The fourth-order valence-electron chi connectivity index (χ4n) is 3.49. The molecule has 0 bridgehead atoms. The van der Waals surface area contributed by atoms with Crippen LogP contribution in [0, 0.1) is 23.7 Å². The third kappa shape index (κ3) is 2.73. The first-order chi connectivity index (χ1) is 6.56. The maximum absolute atomic E-state index is 10.1. The molecule has 84 valence electrons. The van der Waals surface area contributed by atoms with Gasteiger partial charge in [-0.05, 0) is 42.9 Å². The lowest BCUT2D eigenvalue weighted by Crippen LogP contribution is -2.37. The summed E-state index contributed by atoms with van der Waals surface area (Å²) in [4.78, 5) is 0. The van der Waals surface area contributed by atoms with E-state index in [-0.39, 0.29) is 6.10 Å². The molecule has 0 aromatic rings. The molecular formula is C13H26O. The standard InChI is InChI=1S/C13H26O/c1-5-6-12(14)13-10(3)7-9(2)8-11(13)4/h9-14H,5-8H2,1-4H3. The Morgan fingerprint density at radius 3 is 2.07 bits per heavy atom. The van der Waals surface area contributed by atoms with Crippen LogP contribution in [0.3, 0.4) is 0 Å². The Morgan fingerprint density at radius 1 is 1.14 bits per heavy atom. The summed E-state index contributed by atoms with van der Waals surface area (Å²) in [5, 5.41) is 10.1. The summed E-state index contributed by atoms with van der Waals surface area (Å²) >= 11 is 0. The number of aliphatic hydroxyl groups is 1. The van der Waals surface area contributed by atoms with E-state index in [9.17, 15) is 5.11 Å². The molecule has 3 atom stereocenters. The number of hydrogen-bond acceptors (Lipinski definition) is 1. The highest BCUT2D eigenvalue weighted by molar-refractivity contribution is 4.85. The number of aliphatic hydroxyl groups excluding tert-OH is 1. The zero-order chi connectivity index (χ0) is 10.7. The van der Waals surface area contributed by atoms with E-state index in [0.29, 0.717) is 17.8 Å². The van der Waals surface area contributed by atoms with Gasteiger partial charge in [0.05, 0.1) is 6.10 Å². The Hall–Kier alpha value is -0.0400. The third-order valence-corrected chi connectivity index (χ3v) is 3.89. The monoisotopic (exact) mass is 198 g/mol. The summed E-state index contributed by atoms with van der Waals surface area (Å²) in [6.07, 6.45) is 4.63. The van der Waals surface area contributed by atoms with Gasteiger partial charge in [-0.15, -0.1) is 0 Å². The van der Waals surface area contributed by atoms with Crippen molar-refractivity contribution < 1.29 is 5.11 Å². The van der Waals surface area contributed by atoms with Crippen molar-refractivity contribution in [2.45, 2.75) is 59.5 Å². The minimum atomic E-state index is -0.0579. The first-order valence-corrected chi connectivity index (χ1v) is 6.24. The molecule has 1 aliphatic carbocycles. The molecule has 3 unspecified atom stereocenters. The van der Waals surface area contributed by atoms with Crippen molar-refractivity contribution in [1.29, 1.82) is 0 Å². The molecule has 1 rings (SSSR count). The highest BCUT2D eigenvalue weighted by Gasteiger charge is 2.35. The molecule has 0 heterocycles. The molecule has 1 heteroatoms. The van der Waals surface area contributed by atoms with Crippen LogP contribution in [-0.4, -0.2) is 11.2 Å². The molecular weight excluding hydrogens is 172 g/mol. The molecule has 0 saturated heterocycles. The van der Waals surface area contributed by atoms with E-state index < -0.39 is 0 Å². The van der Waals surface area contributed by atoms with Crippen LogP contribution in [0.25, 0.3) is 0 Å². The first kappa shape index (κ1) is 12.0. The Morgan fingerprint density at radius 2 is 1.64 bits per heavy atom. The van der Waals surface area contributed by atoms with Crippen LogP contribution in [0.15, 0.2) is 0 Å². The molecule has 0 aromatic carbocycles. The lowest BCUT2D eigenvalue weighted by atomic mass is 9.67. The van der Waals surface area contributed by atoms with Crippen LogP contribution in [-0.2, 0) is 0 Å². The first-order valence-electron chi connectivity index (χ1n) is 6.24. The second-order valence-electron chi connectivity index (χ2n) is 5.46. The van der Waals surface area contributed by atoms with Crippen LogP contribution < -0.4 is 0 Å². The van der Waals surface area contributed by atoms with Gasteiger partial charge in [0.2, 0.25) is 0 Å². The zero-order valence-corrected chi connectivity index (χ0v) is 10.2. The molecule has 1 N–H and O–H groups in total. The van der Waals surface area contributed by atoms with Crippen LogP contribution in [0.1, 0.15) is 53.4 Å². The van der Waals surface area contributed by atoms with Gasteiger partial charge in [-0.25, -0.2) is 0 Å². The fraction of sp³-hybridized carbons (Fsp3) is 1.00. The minimum absolute atomic E-state index is 0.0579. The van der Waals surface area contributed by atoms with E-state index >= 15 is 0 Å². The van der Waals surface area contributed by atoms with Gasteiger partial charge in [0.25, 0.3) is 0 Å². The molecule has 0 spiro atoms. The molecule has 1 aliphatic rings. The summed E-state index contributed by atoms with van der Waals surface area (Å²) < 4.78 is 0. The predicted molar refractivity (Wildman–Crippen MR) is 61.1 cm³/mol. The largest absolute Gasteiger partial charge is 0.393 e. The maximum Gasteiger partial charge on any atom is 0.0573 e. The zero-order valence-electron chi connectivity index (χ0n) is 10.2. The van der Waals surface area contributed by atoms with E-state index in [0.717, 1.165) is 18.8 Å². The van der Waals surface area contributed by atoms with Crippen molar-refractivity contribution in [1.82, 2.24) is 0 Å². The van der Waals surface area contributed by atoms with Gasteiger partial charge in [-0.1, -0.05) is 34.1 Å². The Kier molecular flexibility index (Phi) is 4.43. The van der Waals surface area contributed by atoms with Gasteiger partial charge in [0.15, 0.2) is 0 Å². The van der Waals surface area contributed by atoms with E-state index in [1.54, 1.807) is 0 Å². The lowest BCUT2D eigenvalue weighted by Gasteiger charge is -2.40. The Labute approximate surface area is 88.9 Å². The van der Waals surface area contributed by atoms with Crippen LogP contribution in [0.2, 0.25) is 0 Å². The molecule has 0 aromatic heterocycles. The quantitative estimate of drug-likeness (QED) is 0.736. The molecule has 0 aliphatic heterocycles. The predicted octanol–water partition coefficient (Wildman–Crippen LogP) is 3.47. The van der Waals surface area contributed by atoms with Crippen LogP contribution in [0.4, 0.5) is 0 Å². The van der Waals surface area contributed by atoms with Gasteiger partial charge in [0.1, 0.15) is 0 Å². The topological polar surface area (TPSA) is 20.2 Å². The molecule has 0 amide bonds. The smallest absolute Gasteiger partial charge is 0.0573 e. The summed E-state index contributed by atoms with van der Waals surface area (Å²) in [5.74, 6) is 2.81. The molecule has 1 fully saturated rings. The second-order valence-corrected chi connectivity index (χ2v) is 5.46. The highest BCUT2D eigenvalue weighted by atomic mass is 16.3. The van der Waals surface area contributed by atoms with E-state index in [1.807, 2.05) is 0 Å². The Balaban J connectivity index is 2.57. The SMILES string of the molecule is CCCC(O)C1C(C)CC(C)CC1C.